The fraction of sp³-hybridized carbons (Fsp3) is 0.133. The van der Waals surface area contributed by atoms with Crippen LogP contribution in [0.25, 0.3) is 0 Å². The van der Waals surface area contributed by atoms with Crippen LogP contribution in [-0.4, -0.2) is 11.3 Å². The van der Waals surface area contributed by atoms with E-state index in [1.807, 2.05) is 12.1 Å². The minimum Gasteiger partial charge on any atom is -0.289 e. The summed E-state index contributed by atoms with van der Waals surface area (Å²) in [6, 6.07) is 11.6. The summed E-state index contributed by atoms with van der Waals surface area (Å²) in [7, 11) is 0. The standard InChI is InChI=1S/C15H9F3OS/c16-15(17,18)20-11-6-5-10-7-9-3-1-2-4-12(9)14(19)13(10)8-11/h1-6,8H,7H2. The molecule has 3 rings (SSSR count). The number of fused-ring (bicyclic) bond motifs is 2. The smallest absolute Gasteiger partial charge is 0.289 e. The Morgan fingerprint density at radius 1 is 0.950 bits per heavy atom. The van der Waals surface area contributed by atoms with Gasteiger partial charge in [0.15, 0.2) is 5.78 Å². The van der Waals surface area contributed by atoms with Gasteiger partial charge < -0.3 is 0 Å². The molecule has 0 amide bonds. The van der Waals surface area contributed by atoms with E-state index in [4.69, 9.17) is 0 Å². The number of halogens is 3. The fourth-order valence-corrected chi connectivity index (χ4v) is 2.94. The highest BCUT2D eigenvalue weighted by Crippen LogP contribution is 2.38. The molecule has 0 N–H and O–H groups in total. The molecule has 2 aromatic carbocycles. The third-order valence-corrected chi connectivity index (χ3v) is 3.92. The fourth-order valence-electron chi connectivity index (χ4n) is 2.36. The van der Waals surface area contributed by atoms with Gasteiger partial charge in [0.05, 0.1) is 0 Å². The van der Waals surface area contributed by atoms with Crippen molar-refractivity contribution < 1.29 is 18.0 Å². The number of thioether (sulfide) groups is 1. The lowest BCUT2D eigenvalue weighted by Crippen LogP contribution is -2.15. The third-order valence-electron chi connectivity index (χ3n) is 3.20. The van der Waals surface area contributed by atoms with E-state index in [1.54, 1.807) is 18.2 Å². The summed E-state index contributed by atoms with van der Waals surface area (Å²) in [5.41, 5.74) is -1.70. The maximum absolute atomic E-state index is 12.4. The van der Waals surface area contributed by atoms with Crippen molar-refractivity contribution in [3.63, 3.8) is 0 Å². The third kappa shape index (κ3) is 2.45. The van der Waals surface area contributed by atoms with Crippen LogP contribution in [0, 0.1) is 0 Å². The molecule has 0 radical (unpaired) electrons. The van der Waals surface area contributed by atoms with Crippen LogP contribution >= 0.6 is 11.8 Å². The Kier molecular flexibility index (Phi) is 3.09. The monoisotopic (exact) mass is 294 g/mol. The average molecular weight is 294 g/mol. The highest BCUT2D eigenvalue weighted by atomic mass is 32.2. The second-order valence-corrected chi connectivity index (χ2v) is 5.67. The van der Waals surface area contributed by atoms with E-state index in [-0.39, 0.29) is 22.4 Å². The summed E-state index contributed by atoms with van der Waals surface area (Å²) in [4.78, 5) is 12.4. The topological polar surface area (TPSA) is 17.1 Å². The number of ketones is 1. The van der Waals surface area contributed by atoms with Crippen LogP contribution in [0.2, 0.25) is 0 Å². The van der Waals surface area contributed by atoms with Crippen LogP contribution in [0.3, 0.4) is 0 Å². The van der Waals surface area contributed by atoms with Gasteiger partial charge in [-0.15, -0.1) is 0 Å². The van der Waals surface area contributed by atoms with E-state index in [2.05, 4.69) is 0 Å². The van der Waals surface area contributed by atoms with Gasteiger partial charge in [-0.05, 0) is 41.4 Å². The lowest BCUT2D eigenvalue weighted by Gasteiger charge is -2.19. The Morgan fingerprint density at radius 2 is 1.65 bits per heavy atom. The molecule has 0 spiro atoms. The predicted octanol–water partition coefficient (Wildman–Crippen LogP) is 4.43. The summed E-state index contributed by atoms with van der Waals surface area (Å²) in [6.07, 6.45) is 0.578. The molecule has 0 atom stereocenters. The number of alkyl halides is 3. The van der Waals surface area contributed by atoms with Gasteiger partial charge in [0.1, 0.15) is 0 Å². The summed E-state index contributed by atoms with van der Waals surface area (Å²) in [5.74, 6) is -0.202. The number of hydrogen-bond acceptors (Lipinski definition) is 2. The molecule has 1 nitrogen and oxygen atoms in total. The summed E-state index contributed by atoms with van der Waals surface area (Å²) in [6.45, 7) is 0. The molecule has 0 fully saturated rings. The Bertz CT molecular complexity index is 692. The van der Waals surface area contributed by atoms with Crippen molar-refractivity contribution in [1.82, 2.24) is 0 Å². The molecule has 102 valence electrons. The van der Waals surface area contributed by atoms with Crippen LogP contribution in [0.5, 0.6) is 0 Å². The molecule has 0 aromatic heterocycles. The minimum absolute atomic E-state index is 0.0454. The van der Waals surface area contributed by atoms with Crippen molar-refractivity contribution in [3.05, 3.63) is 64.7 Å². The molecule has 0 aliphatic heterocycles. The molecule has 0 unspecified atom stereocenters. The molecular weight excluding hydrogens is 285 g/mol. The molecule has 2 aromatic rings. The average Bonchev–Trinajstić information content (AvgIpc) is 2.38. The van der Waals surface area contributed by atoms with E-state index >= 15 is 0 Å². The van der Waals surface area contributed by atoms with Crippen LogP contribution in [0.4, 0.5) is 13.2 Å². The van der Waals surface area contributed by atoms with Gasteiger partial charge in [-0.25, -0.2) is 0 Å². The largest absolute Gasteiger partial charge is 0.446 e. The van der Waals surface area contributed by atoms with Crippen molar-refractivity contribution in [2.75, 3.05) is 0 Å². The van der Waals surface area contributed by atoms with Crippen molar-refractivity contribution in [2.24, 2.45) is 0 Å². The number of benzene rings is 2. The second-order valence-electron chi connectivity index (χ2n) is 4.53. The van der Waals surface area contributed by atoms with Crippen molar-refractivity contribution in [1.29, 1.82) is 0 Å². The molecule has 0 saturated heterocycles. The molecule has 1 aliphatic carbocycles. The zero-order valence-electron chi connectivity index (χ0n) is 10.2. The Balaban J connectivity index is 2.02. The van der Waals surface area contributed by atoms with Crippen molar-refractivity contribution >= 4 is 17.5 Å². The maximum atomic E-state index is 12.4. The van der Waals surface area contributed by atoms with Gasteiger partial charge in [0, 0.05) is 16.0 Å². The number of rotatable bonds is 1. The first-order chi connectivity index (χ1) is 9.44. The first-order valence-electron chi connectivity index (χ1n) is 5.95. The maximum Gasteiger partial charge on any atom is 0.446 e. The molecule has 1 aliphatic rings. The number of carbonyl (C=O) groups is 1. The molecule has 0 saturated carbocycles. The van der Waals surface area contributed by atoms with Crippen molar-refractivity contribution in [3.8, 4) is 0 Å². The number of hydrogen-bond donors (Lipinski definition) is 0. The van der Waals surface area contributed by atoms with Crippen LogP contribution in [0.1, 0.15) is 27.0 Å². The van der Waals surface area contributed by atoms with Gasteiger partial charge in [0.25, 0.3) is 0 Å². The van der Waals surface area contributed by atoms with Crippen molar-refractivity contribution in [2.45, 2.75) is 16.8 Å². The van der Waals surface area contributed by atoms with Gasteiger partial charge in [0.2, 0.25) is 0 Å². The Morgan fingerprint density at radius 3 is 2.40 bits per heavy atom. The van der Waals surface area contributed by atoms with Crippen LogP contribution in [0.15, 0.2) is 47.4 Å². The van der Waals surface area contributed by atoms with Crippen LogP contribution in [-0.2, 0) is 6.42 Å². The van der Waals surface area contributed by atoms with Gasteiger partial charge in [-0.1, -0.05) is 30.3 Å². The van der Waals surface area contributed by atoms with E-state index < -0.39 is 5.51 Å². The SMILES string of the molecule is O=C1c2ccccc2Cc2ccc(SC(F)(F)F)cc21. The van der Waals surface area contributed by atoms with Crippen LogP contribution < -0.4 is 0 Å². The lowest BCUT2D eigenvalue weighted by atomic mass is 9.85. The molecule has 5 heteroatoms. The highest BCUT2D eigenvalue weighted by Gasteiger charge is 2.30. The van der Waals surface area contributed by atoms with E-state index in [1.165, 1.54) is 12.1 Å². The first kappa shape index (κ1) is 13.2. The quantitative estimate of drug-likeness (QED) is 0.617. The van der Waals surface area contributed by atoms with Gasteiger partial charge in [-0.3, -0.25) is 4.79 Å². The highest BCUT2D eigenvalue weighted by molar-refractivity contribution is 8.00. The summed E-state index contributed by atoms with van der Waals surface area (Å²) in [5, 5.41) is 0. The van der Waals surface area contributed by atoms with Gasteiger partial charge >= 0.3 is 5.51 Å². The normalized spacial score (nSPS) is 13.8. The Labute approximate surface area is 117 Å². The summed E-state index contributed by atoms with van der Waals surface area (Å²) < 4.78 is 37.2. The number of carbonyl (C=O) groups excluding carboxylic acids is 1. The predicted molar refractivity (Wildman–Crippen MR) is 71.0 cm³/mol. The first-order valence-corrected chi connectivity index (χ1v) is 6.77. The molecule has 0 heterocycles. The Hall–Kier alpha value is -1.75. The zero-order chi connectivity index (χ0) is 14.3. The molecule has 0 bridgehead atoms. The minimum atomic E-state index is -4.34. The lowest BCUT2D eigenvalue weighted by molar-refractivity contribution is -0.0328. The van der Waals surface area contributed by atoms with E-state index in [0.717, 1.165) is 11.1 Å². The van der Waals surface area contributed by atoms with Gasteiger partial charge in [-0.2, -0.15) is 13.2 Å². The molecule has 20 heavy (non-hydrogen) atoms. The molecular formula is C15H9F3OS. The zero-order valence-corrected chi connectivity index (χ0v) is 11.0. The second kappa shape index (κ2) is 4.66. The van der Waals surface area contributed by atoms with E-state index in [9.17, 15) is 18.0 Å². The van der Waals surface area contributed by atoms with E-state index in [0.29, 0.717) is 17.5 Å². The summed E-state index contributed by atoms with van der Waals surface area (Å²) >= 11 is -0.195.